The molecule has 0 aliphatic carbocycles. The van der Waals surface area contributed by atoms with Gasteiger partial charge in [-0.1, -0.05) is 23.7 Å². The first-order chi connectivity index (χ1) is 12.5. The summed E-state index contributed by atoms with van der Waals surface area (Å²) < 4.78 is 1.82. The Morgan fingerprint density at radius 1 is 1.19 bits per heavy atom. The van der Waals surface area contributed by atoms with Gasteiger partial charge in [0.1, 0.15) is 12.4 Å². The first-order valence-electron chi connectivity index (χ1n) is 8.32. The standard InChI is InChI=1S/C19H17ClN4O2/c20-13-5-7-14(8-6-13)23-10-12(9-18(23)26)19-22-15-3-1-2-4-16(15)24(19)11-17(21)25/h1-8,12H,9-11H2,(H2,21,25). The minimum absolute atomic E-state index is 0.0232. The van der Waals surface area contributed by atoms with Crippen LogP contribution in [-0.2, 0) is 16.1 Å². The van der Waals surface area contributed by atoms with Crippen LogP contribution < -0.4 is 10.6 Å². The van der Waals surface area contributed by atoms with E-state index in [1.165, 1.54) is 0 Å². The van der Waals surface area contributed by atoms with Crippen LogP contribution in [0.3, 0.4) is 0 Å². The maximum absolute atomic E-state index is 12.6. The van der Waals surface area contributed by atoms with Crippen molar-refractivity contribution in [2.75, 3.05) is 11.4 Å². The van der Waals surface area contributed by atoms with Crippen molar-refractivity contribution in [1.82, 2.24) is 9.55 Å². The molecule has 26 heavy (non-hydrogen) atoms. The minimum Gasteiger partial charge on any atom is -0.368 e. The Kier molecular flexibility index (Phi) is 4.12. The quantitative estimate of drug-likeness (QED) is 0.768. The number of carbonyl (C=O) groups is 2. The third-order valence-electron chi connectivity index (χ3n) is 4.63. The van der Waals surface area contributed by atoms with E-state index in [-0.39, 0.29) is 18.4 Å². The van der Waals surface area contributed by atoms with E-state index in [4.69, 9.17) is 17.3 Å². The van der Waals surface area contributed by atoms with Crippen molar-refractivity contribution < 1.29 is 9.59 Å². The number of halogens is 1. The van der Waals surface area contributed by atoms with Gasteiger partial charge in [-0.05, 0) is 36.4 Å². The van der Waals surface area contributed by atoms with Crippen LogP contribution >= 0.6 is 11.6 Å². The first-order valence-corrected chi connectivity index (χ1v) is 8.70. The fourth-order valence-corrected chi connectivity index (χ4v) is 3.60. The third-order valence-corrected chi connectivity index (χ3v) is 4.88. The topological polar surface area (TPSA) is 81.2 Å². The Hall–Kier alpha value is -2.86. The van der Waals surface area contributed by atoms with E-state index in [1.807, 2.05) is 41.0 Å². The molecule has 2 N–H and O–H groups in total. The lowest BCUT2D eigenvalue weighted by atomic mass is 10.1. The number of para-hydroxylation sites is 2. The van der Waals surface area contributed by atoms with E-state index < -0.39 is 5.91 Å². The van der Waals surface area contributed by atoms with Crippen molar-refractivity contribution in [2.45, 2.75) is 18.9 Å². The summed E-state index contributed by atoms with van der Waals surface area (Å²) in [6, 6.07) is 14.8. The number of rotatable bonds is 4. The van der Waals surface area contributed by atoms with Gasteiger partial charge in [-0.2, -0.15) is 0 Å². The van der Waals surface area contributed by atoms with Gasteiger partial charge < -0.3 is 15.2 Å². The average Bonchev–Trinajstić information content (AvgIpc) is 3.16. The Morgan fingerprint density at radius 3 is 2.65 bits per heavy atom. The van der Waals surface area contributed by atoms with E-state index in [0.717, 1.165) is 22.5 Å². The van der Waals surface area contributed by atoms with Crippen LogP contribution in [-0.4, -0.2) is 27.9 Å². The summed E-state index contributed by atoms with van der Waals surface area (Å²) in [7, 11) is 0. The number of imidazole rings is 1. The average molecular weight is 369 g/mol. The highest BCUT2D eigenvalue weighted by molar-refractivity contribution is 6.30. The zero-order chi connectivity index (χ0) is 18.3. The van der Waals surface area contributed by atoms with Crippen LogP contribution in [0, 0.1) is 0 Å². The molecule has 2 heterocycles. The molecule has 2 aromatic carbocycles. The molecule has 1 unspecified atom stereocenters. The molecule has 7 heteroatoms. The van der Waals surface area contributed by atoms with Crippen LogP contribution in [0.1, 0.15) is 18.2 Å². The van der Waals surface area contributed by atoms with Crippen LogP contribution in [0.25, 0.3) is 11.0 Å². The highest BCUT2D eigenvalue weighted by Crippen LogP contribution is 2.33. The number of nitrogens with zero attached hydrogens (tertiary/aromatic N) is 3. The highest BCUT2D eigenvalue weighted by atomic mass is 35.5. The molecular weight excluding hydrogens is 352 g/mol. The van der Waals surface area contributed by atoms with Crippen molar-refractivity contribution in [3.05, 3.63) is 59.4 Å². The first kappa shape index (κ1) is 16.6. The maximum Gasteiger partial charge on any atom is 0.237 e. The van der Waals surface area contributed by atoms with Crippen molar-refractivity contribution >= 4 is 40.1 Å². The monoisotopic (exact) mass is 368 g/mol. The number of aromatic nitrogens is 2. The van der Waals surface area contributed by atoms with E-state index in [9.17, 15) is 9.59 Å². The summed E-state index contributed by atoms with van der Waals surface area (Å²) in [5.41, 5.74) is 7.87. The zero-order valence-corrected chi connectivity index (χ0v) is 14.7. The molecule has 3 aromatic rings. The van der Waals surface area contributed by atoms with Gasteiger partial charge in [0.25, 0.3) is 0 Å². The number of anilines is 1. The molecule has 0 spiro atoms. The smallest absolute Gasteiger partial charge is 0.237 e. The van der Waals surface area contributed by atoms with Gasteiger partial charge in [-0.3, -0.25) is 9.59 Å². The molecule has 1 fully saturated rings. The largest absolute Gasteiger partial charge is 0.368 e. The number of primary amides is 1. The summed E-state index contributed by atoms with van der Waals surface area (Å²) >= 11 is 5.93. The van der Waals surface area contributed by atoms with Gasteiger partial charge in [0.15, 0.2) is 0 Å². The number of hydrogen-bond acceptors (Lipinski definition) is 3. The van der Waals surface area contributed by atoms with Gasteiger partial charge in [-0.25, -0.2) is 4.98 Å². The molecular formula is C19H17ClN4O2. The normalized spacial score (nSPS) is 17.2. The SMILES string of the molecule is NC(=O)Cn1c(C2CC(=O)N(c3ccc(Cl)cc3)C2)nc2ccccc21. The summed E-state index contributed by atoms with van der Waals surface area (Å²) in [6.07, 6.45) is 0.338. The van der Waals surface area contributed by atoms with Crippen LogP contribution in [0.2, 0.25) is 5.02 Å². The second kappa shape index (κ2) is 6.46. The van der Waals surface area contributed by atoms with Crippen molar-refractivity contribution in [3.63, 3.8) is 0 Å². The summed E-state index contributed by atoms with van der Waals surface area (Å²) in [5.74, 6) is 0.197. The molecule has 0 bridgehead atoms. The third kappa shape index (κ3) is 2.93. The van der Waals surface area contributed by atoms with Gasteiger partial charge in [0.05, 0.1) is 11.0 Å². The predicted octanol–water partition coefficient (Wildman–Crippen LogP) is 2.70. The van der Waals surface area contributed by atoms with Gasteiger partial charge >= 0.3 is 0 Å². The molecule has 2 amide bonds. The van der Waals surface area contributed by atoms with E-state index in [1.54, 1.807) is 17.0 Å². The Bertz CT molecular complexity index is 996. The second-order valence-electron chi connectivity index (χ2n) is 6.39. The molecule has 0 radical (unpaired) electrons. The van der Waals surface area contributed by atoms with Crippen LogP contribution in [0.5, 0.6) is 0 Å². The predicted molar refractivity (Wildman–Crippen MR) is 100 cm³/mol. The van der Waals surface area contributed by atoms with Gasteiger partial charge in [0.2, 0.25) is 11.8 Å². The maximum atomic E-state index is 12.6. The summed E-state index contributed by atoms with van der Waals surface area (Å²) in [6.45, 7) is 0.546. The van der Waals surface area contributed by atoms with E-state index in [0.29, 0.717) is 18.0 Å². The second-order valence-corrected chi connectivity index (χ2v) is 6.83. The highest BCUT2D eigenvalue weighted by Gasteiger charge is 2.35. The Balaban J connectivity index is 1.71. The number of hydrogen-bond donors (Lipinski definition) is 1. The van der Waals surface area contributed by atoms with Crippen molar-refractivity contribution in [1.29, 1.82) is 0 Å². The number of amides is 2. The molecule has 1 aliphatic heterocycles. The lowest BCUT2D eigenvalue weighted by Crippen LogP contribution is -2.25. The fraction of sp³-hybridized carbons (Fsp3) is 0.211. The Morgan fingerprint density at radius 2 is 1.92 bits per heavy atom. The van der Waals surface area contributed by atoms with Gasteiger partial charge in [-0.15, -0.1) is 0 Å². The molecule has 1 atom stereocenters. The van der Waals surface area contributed by atoms with Gasteiger partial charge in [0, 0.05) is 29.6 Å². The molecule has 1 aromatic heterocycles. The van der Waals surface area contributed by atoms with E-state index in [2.05, 4.69) is 4.98 Å². The summed E-state index contributed by atoms with van der Waals surface area (Å²) in [4.78, 5) is 30.5. The van der Waals surface area contributed by atoms with Crippen molar-refractivity contribution in [3.8, 4) is 0 Å². The lowest BCUT2D eigenvalue weighted by molar-refractivity contribution is -0.118. The molecule has 1 saturated heterocycles. The molecule has 0 saturated carbocycles. The molecule has 6 nitrogen and oxygen atoms in total. The fourth-order valence-electron chi connectivity index (χ4n) is 3.48. The Labute approximate surface area is 155 Å². The van der Waals surface area contributed by atoms with Crippen LogP contribution in [0.4, 0.5) is 5.69 Å². The number of fused-ring (bicyclic) bond motifs is 1. The number of nitrogens with two attached hydrogens (primary N) is 1. The minimum atomic E-state index is -0.437. The summed E-state index contributed by atoms with van der Waals surface area (Å²) in [5, 5.41) is 0.625. The molecule has 4 rings (SSSR count). The molecule has 132 valence electrons. The van der Waals surface area contributed by atoms with Crippen molar-refractivity contribution in [2.24, 2.45) is 5.73 Å². The van der Waals surface area contributed by atoms with Crippen LogP contribution in [0.15, 0.2) is 48.5 Å². The lowest BCUT2D eigenvalue weighted by Gasteiger charge is -2.17. The van der Waals surface area contributed by atoms with E-state index >= 15 is 0 Å². The number of benzene rings is 2. The molecule has 1 aliphatic rings. The zero-order valence-electron chi connectivity index (χ0n) is 13.9. The number of carbonyl (C=O) groups excluding carboxylic acids is 2.